The second-order valence-electron chi connectivity index (χ2n) is 6.99. The van der Waals surface area contributed by atoms with Crippen LogP contribution in [0.3, 0.4) is 0 Å². The number of nitrogens with one attached hydrogen (secondary N) is 1. The first kappa shape index (κ1) is 16.6. The Kier molecular flexibility index (Phi) is 4.14. The van der Waals surface area contributed by atoms with Crippen molar-refractivity contribution < 1.29 is 19.4 Å². The monoisotopic (exact) mass is 355 g/mol. The van der Waals surface area contributed by atoms with Crippen LogP contribution in [0.5, 0.6) is 5.75 Å². The number of rotatable bonds is 5. The van der Waals surface area contributed by atoms with Crippen molar-refractivity contribution in [2.24, 2.45) is 0 Å². The van der Waals surface area contributed by atoms with E-state index in [4.69, 9.17) is 4.74 Å². The van der Waals surface area contributed by atoms with Crippen LogP contribution in [-0.2, 0) is 4.79 Å². The number of carboxylic acids is 1. The predicted molar refractivity (Wildman–Crippen MR) is 93.1 cm³/mol. The molecule has 0 unspecified atom stereocenters. The van der Waals surface area contributed by atoms with Gasteiger partial charge in [-0.1, -0.05) is 18.2 Å². The van der Waals surface area contributed by atoms with E-state index in [9.17, 15) is 14.7 Å². The molecule has 1 saturated heterocycles. The van der Waals surface area contributed by atoms with Crippen LogP contribution < -0.4 is 4.74 Å². The van der Waals surface area contributed by atoms with E-state index in [1.807, 2.05) is 12.1 Å². The van der Waals surface area contributed by atoms with E-state index in [0.29, 0.717) is 30.5 Å². The summed E-state index contributed by atoms with van der Waals surface area (Å²) < 4.78 is 5.82. The molecule has 2 aromatic rings. The first-order chi connectivity index (χ1) is 12.6. The number of aliphatic carboxylic acids is 1. The zero-order chi connectivity index (χ0) is 18.1. The minimum absolute atomic E-state index is 0.160. The van der Waals surface area contributed by atoms with Gasteiger partial charge >= 0.3 is 5.97 Å². The van der Waals surface area contributed by atoms with Gasteiger partial charge in [-0.25, -0.2) is 4.79 Å². The van der Waals surface area contributed by atoms with Crippen molar-refractivity contribution in [3.8, 4) is 5.75 Å². The summed E-state index contributed by atoms with van der Waals surface area (Å²) in [7, 11) is 0. The van der Waals surface area contributed by atoms with E-state index in [1.54, 1.807) is 29.2 Å². The van der Waals surface area contributed by atoms with E-state index < -0.39 is 11.6 Å². The highest BCUT2D eigenvalue weighted by Gasteiger charge is 2.45. The van der Waals surface area contributed by atoms with Gasteiger partial charge in [0, 0.05) is 37.5 Å². The number of aromatic nitrogens is 2. The van der Waals surface area contributed by atoms with Crippen LogP contribution in [0.2, 0.25) is 0 Å². The van der Waals surface area contributed by atoms with Crippen LogP contribution in [0, 0.1) is 0 Å². The van der Waals surface area contributed by atoms with Gasteiger partial charge in [-0.15, -0.1) is 0 Å². The molecule has 26 heavy (non-hydrogen) atoms. The third kappa shape index (κ3) is 3.16. The van der Waals surface area contributed by atoms with E-state index in [-0.39, 0.29) is 18.7 Å². The molecule has 0 radical (unpaired) electrons. The summed E-state index contributed by atoms with van der Waals surface area (Å²) >= 11 is 0. The highest BCUT2D eigenvalue weighted by molar-refractivity contribution is 5.92. The number of carboxylic acid groups (broad SMARTS) is 1. The maximum atomic E-state index is 12.7. The molecular weight excluding hydrogens is 334 g/mol. The molecule has 1 aliphatic carbocycles. The Morgan fingerprint density at radius 1 is 1.19 bits per heavy atom. The standard InChI is InChI=1S/C19H21N3O4/c23-17(16-12-15(20-21-16)13-6-7-13)22-10-8-19(9-11-22,18(24)25)26-14-4-2-1-3-5-14/h1-5,12-13H,6-11H2,(H,20,21)(H,24,25). The van der Waals surface area contributed by atoms with E-state index in [0.717, 1.165) is 18.5 Å². The van der Waals surface area contributed by atoms with Gasteiger partial charge in [-0.05, 0) is 31.0 Å². The fourth-order valence-corrected chi connectivity index (χ4v) is 3.36. The molecule has 4 rings (SSSR count). The van der Waals surface area contributed by atoms with Crippen LogP contribution in [0.15, 0.2) is 36.4 Å². The number of carbonyl (C=O) groups excluding carboxylic acids is 1. The van der Waals surface area contributed by atoms with E-state index in [2.05, 4.69) is 10.2 Å². The van der Waals surface area contributed by atoms with Gasteiger partial charge in [0.15, 0.2) is 0 Å². The number of hydrogen-bond acceptors (Lipinski definition) is 4. The van der Waals surface area contributed by atoms with Crippen molar-refractivity contribution in [1.29, 1.82) is 0 Å². The van der Waals surface area contributed by atoms with Crippen molar-refractivity contribution in [2.75, 3.05) is 13.1 Å². The van der Waals surface area contributed by atoms with Crippen molar-refractivity contribution in [3.05, 3.63) is 47.8 Å². The molecule has 1 aromatic heterocycles. The molecule has 0 atom stereocenters. The first-order valence-corrected chi connectivity index (χ1v) is 8.89. The average Bonchev–Trinajstić information content (AvgIpc) is 3.39. The number of carbonyl (C=O) groups is 2. The third-order valence-electron chi connectivity index (χ3n) is 5.14. The van der Waals surface area contributed by atoms with Crippen molar-refractivity contribution in [1.82, 2.24) is 15.1 Å². The summed E-state index contributed by atoms with van der Waals surface area (Å²) in [5, 5.41) is 16.8. The average molecular weight is 355 g/mol. The lowest BCUT2D eigenvalue weighted by molar-refractivity contribution is -0.159. The molecule has 2 fully saturated rings. The maximum Gasteiger partial charge on any atom is 0.348 e. The Hall–Kier alpha value is -2.83. The predicted octanol–water partition coefficient (Wildman–Crippen LogP) is 2.43. The van der Waals surface area contributed by atoms with E-state index in [1.165, 1.54) is 0 Å². The topological polar surface area (TPSA) is 95.5 Å². The summed E-state index contributed by atoms with van der Waals surface area (Å²) in [5.74, 6) is -0.128. The third-order valence-corrected chi connectivity index (χ3v) is 5.14. The van der Waals surface area contributed by atoms with Gasteiger partial charge in [-0.3, -0.25) is 9.89 Å². The highest BCUT2D eigenvalue weighted by atomic mass is 16.5. The maximum absolute atomic E-state index is 12.7. The van der Waals surface area contributed by atoms with Crippen molar-refractivity contribution in [3.63, 3.8) is 0 Å². The van der Waals surface area contributed by atoms with Gasteiger partial charge in [-0.2, -0.15) is 5.10 Å². The Bertz CT molecular complexity index is 805. The van der Waals surface area contributed by atoms with Gasteiger partial charge in [0.1, 0.15) is 11.4 Å². The molecule has 2 aliphatic rings. The van der Waals surface area contributed by atoms with Gasteiger partial charge < -0.3 is 14.7 Å². The molecule has 0 spiro atoms. The molecular formula is C19H21N3O4. The highest BCUT2D eigenvalue weighted by Crippen LogP contribution is 2.39. The fourth-order valence-electron chi connectivity index (χ4n) is 3.36. The van der Waals surface area contributed by atoms with Crippen LogP contribution in [0.25, 0.3) is 0 Å². The van der Waals surface area contributed by atoms with Gasteiger partial charge in [0.25, 0.3) is 5.91 Å². The number of ether oxygens (including phenoxy) is 1. The number of hydrogen-bond donors (Lipinski definition) is 2. The lowest BCUT2D eigenvalue weighted by Gasteiger charge is -2.38. The van der Waals surface area contributed by atoms with E-state index >= 15 is 0 Å². The summed E-state index contributed by atoms with van der Waals surface area (Å²) in [5.41, 5.74) is 0.111. The summed E-state index contributed by atoms with van der Waals surface area (Å²) in [4.78, 5) is 26.2. The van der Waals surface area contributed by atoms with Crippen molar-refractivity contribution in [2.45, 2.75) is 37.2 Å². The molecule has 1 aromatic carbocycles. The zero-order valence-electron chi connectivity index (χ0n) is 14.4. The SMILES string of the molecule is O=C(c1cc(C2CC2)[nH]n1)N1CCC(Oc2ccccc2)(C(=O)O)CC1. The van der Waals surface area contributed by atoms with Crippen LogP contribution in [0.4, 0.5) is 0 Å². The minimum Gasteiger partial charge on any atom is -0.478 e. The number of H-pyrrole nitrogens is 1. The molecule has 7 heteroatoms. The van der Waals surface area contributed by atoms with Crippen molar-refractivity contribution >= 4 is 11.9 Å². The zero-order valence-corrected chi connectivity index (χ0v) is 14.4. The number of para-hydroxylation sites is 1. The Morgan fingerprint density at radius 2 is 1.88 bits per heavy atom. The Morgan fingerprint density at radius 3 is 2.50 bits per heavy atom. The molecule has 136 valence electrons. The molecule has 2 N–H and O–H groups in total. The number of benzene rings is 1. The van der Waals surface area contributed by atoms with Crippen LogP contribution >= 0.6 is 0 Å². The first-order valence-electron chi connectivity index (χ1n) is 8.89. The molecule has 1 aliphatic heterocycles. The van der Waals surface area contributed by atoms with Gasteiger partial charge in [0.05, 0.1) is 0 Å². The van der Waals surface area contributed by atoms with Crippen LogP contribution in [-0.4, -0.2) is 50.8 Å². The summed E-state index contributed by atoms with van der Waals surface area (Å²) in [6.45, 7) is 0.646. The largest absolute Gasteiger partial charge is 0.478 e. The number of amides is 1. The second kappa shape index (κ2) is 6.48. The Labute approximate surface area is 151 Å². The lowest BCUT2D eigenvalue weighted by atomic mass is 9.91. The molecule has 0 bridgehead atoms. The Balaban J connectivity index is 1.43. The number of piperidine rings is 1. The molecule has 1 amide bonds. The fraction of sp³-hybridized carbons (Fsp3) is 0.421. The van der Waals surface area contributed by atoms with Gasteiger partial charge in [0.2, 0.25) is 5.60 Å². The molecule has 2 heterocycles. The number of nitrogens with zero attached hydrogens (tertiary/aromatic N) is 2. The normalized spacial score (nSPS) is 19.2. The number of aromatic amines is 1. The quantitative estimate of drug-likeness (QED) is 0.859. The number of likely N-dealkylation sites (tertiary alicyclic amines) is 1. The summed E-state index contributed by atoms with van der Waals surface area (Å²) in [6, 6.07) is 10.8. The molecule has 7 nitrogen and oxygen atoms in total. The summed E-state index contributed by atoms with van der Waals surface area (Å²) in [6.07, 6.45) is 2.75. The molecule has 1 saturated carbocycles. The second-order valence-corrected chi connectivity index (χ2v) is 6.99. The lowest BCUT2D eigenvalue weighted by Crippen LogP contribution is -2.54. The smallest absolute Gasteiger partial charge is 0.348 e. The minimum atomic E-state index is -1.30. The van der Waals surface area contributed by atoms with Crippen LogP contribution in [0.1, 0.15) is 47.8 Å².